The van der Waals surface area contributed by atoms with Gasteiger partial charge in [-0.3, -0.25) is 0 Å². The molecule has 0 spiro atoms. The number of aryl methyl sites for hydroxylation is 1. The van der Waals surface area contributed by atoms with Gasteiger partial charge in [-0.2, -0.15) is 4.98 Å². The van der Waals surface area contributed by atoms with Crippen LogP contribution in [-0.2, 0) is 0 Å². The van der Waals surface area contributed by atoms with Crippen LogP contribution in [0.1, 0.15) is 5.56 Å². The van der Waals surface area contributed by atoms with Crippen LogP contribution >= 0.6 is 0 Å². The van der Waals surface area contributed by atoms with Gasteiger partial charge in [-0.25, -0.2) is 9.37 Å². The molecule has 3 aromatic rings. The summed E-state index contributed by atoms with van der Waals surface area (Å²) in [7, 11) is 0. The molecule has 0 unspecified atom stereocenters. The third kappa shape index (κ3) is 2.23. The van der Waals surface area contributed by atoms with Crippen molar-refractivity contribution in [2.75, 3.05) is 0 Å². The van der Waals surface area contributed by atoms with Crippen molar-refractivity contribution in [3.8, 4) is 28.7 Å². The van der Waals surface area contributed by atoms with Crippen molar-refractivity contribution in [3.05, 3.63) is 47.9 Å². The first-order valence-electron chi connectivity index (χ1n) is 5.89. The second-order valence-corrected chi connectivity index (χ2v) is 4.29. The summed E-state index contributed by atoms with van der Waals surface area (Å²) in [6.45, 7) is 1.79. The number of aromatic hydroxyl groups is 1. The minimum absolute atomic E-state index is 0.155. The van der Waals surface area contributed by atoms with Gasteiger partial charge in [0, 0.05) is 5.56 Å². The Balaban J connectivity index is 1.97. The summed E-state index contributed by atoms with van der Waals surface area (Å²) >= 11 is 0. The highest BCUT2D eigenvalue weighted by Crippen LogP contribution is 2.26. The molecule has 0 aliphatic heterocycles. The molecule has 1 aromatic carbocycles. The highest BCUT2D eigenvalue weighted by atomic mass is 19.1. The van der Waals surface area contributed by atoms with E-state index in [-0.39, 0.29) is 17.5 Å². The number of hydrogen-bond donors (Lipinski definition) is 1. The lowest BCUT2D eigenvalue weighted by atomic mass is 10.1. The lowest BCUT2D eigenvalue weighted by Crippen LogP contribution is -1.86. The summed E-state index contributed by atoms with van der Waals surface area (Å²) in [5.41, 5.74) is 1.78. The van der Waals surface area contributed by atoms with E-state index in [1.54, 1.807) is 25.1 Å². The zero-order valence-electron chi connectivity index (χ0n) is 10.5. The Morgan fingerprint density at radius 2 is 2.05 bits per heavy atom. The Labute approximate surface area is 113 Å². The summed E-state index contributed by atoms with van der Waals surface area (Å²) in [5, 5.41) is 13.5. The van der Waals surface area contributed by atoms with Crippen LogP contribution in [0.3, 0.4) is 0 Å². The summed E-state index contributed by atoms with van der Waals surface area (Å²) in [5.74, 6) is 0.254. The third-order valence-electron chi connectivity index (χ3n) is 2.84. The molecule has 3 rings (SSSR count). The molecule has 0 atom stereocenters. The highest BCUT2D eigenvalue weighted by molar-refractivity contribution is 5.60. The molecule has 0 fully saturated rings. The number of hydrogen-bond acceptors (Lipinski definition) is 5. The van der Waals surface area contributed by atoms with Gasteiger partial charge in [0.05, 0.1) is 6.20 Å². The summed E-state index contributed by atoms with van der Waals surface area (Å²) in [6, 6.07) is 7.81. The van der Waals surface area contributed by atoms with Crippen molar-refractivity contribution >= 4 is 0 Å². The number of phenolic OH excluding ortho intramolecular Hbond substituents is 1. The first kappa shape index (κ1) is 12.3. The van der Waals surface area contributed by atoms with Crippen molar-refractivity contribution in [2.24, 2.45) is 0 Å². The third-order valence-corrected chi connectivity index (χ3v) is 2.84. The lowest BCUT2D eigenvalue weighted by molar-refractivity contribution is 0.431. The van der Waals surface area contributed by atoms with E-state index >= 15 is 0 Å². The fraction of sp³-hybridized carbons (Fsp3) is 0.0714. The van der Waals surface area contributed by atoms with Crippen LogP contribution in [-0.4, -0.2) is 20.2 Å². The number of halogens is 1. The predicted molar refractivity (Wildman–Crippen MR) is 69.3 cm³/mol. The van der Waals surface area contributed by atoms with E-state index in [4.69, 9.17) is 4.52 Å². The average Bonchev–Trinajstić information content (AvgIpc) is 2.92. The summed E-state index contributed by atoms with van der Waals surface area (Å²) < 4.78 is 17.9. The maximum atomic E-state index is 12.8. The standard InChI is InChI=1S/C14H10FN3O2/c1-8-2-3-9(6-12(8)19)14-17-13(18-20-14)11-5-4-10(15)7-16-11/h2-7,19H,1H3. The van der Waals surface area contributed by atoms with E-state index in [1.165, 1.54) is 12.1 Å². The Morgan fingerprint density at radius 3 is 2.75 bits per heavy atom. The molecule has 2 aromatic heterocycles. The molecule has 100 valence electrons. The molecular formula is C14H10FN3O2. The molecule has 0 bridgehead atoms. The van der Waals surface area contributed by atoms with Gasteiger partial charge < -0.3 is 9.63 Å². The molecule has 0 amide bonds. The highest BCUT2D eigenvalue weighted by Gasteiger charge is 2.12. The maximum absolute atomic E-state index is 12.8. The summed E-state index contributed by atoms with van der Waals surface area (Å²) in [6.07, 6.45) is 1.09. The molecule has 0 radical (unpaired) electrons. The zero-order chi connectivity index (χ0) is 14.1. The van der Waals surface area contributed by atoms with Crippen LogP contribution in [0.15, 0.2) is 41.1 Å². The topological polar surface area (TPSA) is 72.0 Å². The molecule has 20 heavy (non-hydrogen) atoms. The molecular weight excluding hydrogens is 261 g/mol. The first-order valence-corrected chi connectivity index (χ1v) is 5.89. The number of pyridine rings is 1. The van der Waals surface area contributed by atoms with E-state index < -0.39 is 5.82 Å². The Morgan fingerprint density at radius 1 is 1.20 bits per heavy atom. The fourth-order valence-corrected chi connectivity index (χ4v) is 1.70. The fourth-order valence-electron chi connectivity index (χ4n) is 1.70. The second kappa shape index (κ2) is 4.73. The number of benzene rings is 1. The Bertz CT molecular complexity index is 753. The number of phenols is 1. The molecule has 2 heterocycles. The van der Waals surface area contributed by atoms with Crippen molar-refractivity contribution in [3.63, 3.8) is 0 Å². The van der Waals surface area contributed by atoms with Gasteiger partial charge in [-0.05, 0) is 36.8 Å². The number of rotatable bonds is 2. The van der Waals surface area contributed by atoms with Crippen molar-refractivity contribution in [2.45, 2.75) is 6.92 Å². The van der Waals surface area contributed by atoms with E-state index in [2.05, 4.69) is 15.1 Å². The molecule has 0 saturated heterocycles. The van der Waals surface area contributed by atoms with Crippen molar-refractivity contribution in [1.82, 2.24) is 15.1 Å². The van der Waals surface area contributed by atoms with Crippen LogP contribution in [0.25, 0.3) is 23.0 Å². The van der Waals surface area contributed by atoms with E-state index in [1.807, 2.05) is 0 Å². The molecule has 5 nitrogen and oxygen atoms in total. The van der Waals surface area contributed by atoms with Gasteiger partial charge in [0.15, 0.2) is 0 Å². The van der Waals surface area contributed by atoms with Gasteiger partial charge in [0.1, 0.15) is 17.3 Å². The molecule has 0 aliphatic rings. The quantitative estimate of drug-likeness (QED) is 0.775. The maximum Gasteiger partial charge on any atom is 0.258 e. The average molecular weight is 271 g/mol. The molecule has 0 saturated carbocycles. The van der Waals surface area contributed by atoms with Gasteiger partial charge in [-0.1, -0.05) is 11.2 Å². The SMILES string of the molecule is Cc1ccc(-c2nc(-c3ccc(F)cn3)no2)cc1O. The van der Waals surface area contributed by atoms with Gasteiger partial charge in [-0.15, -0.1) is 0 Å². The van der Waals surface area contributed by atoms with E-state index in [0.717, 1.165) is 11.8 Å². The van der Waals surface area contributed by atoms with Crippen LogP contribution in [0.2, 0.25) is 0 Å². The van der Waals surface area contributed by atoms with Crippen LogP contribution < -0.4 is 0 Å². The van der Waals surface area contributed by atoms with Crippen molar-refractivity contribution in [1.29, 1.82) is 0 Å². The van der Waals surface area contributed by atoms with E-state index in [9.17, 15) is 9.50 Å². The Kier molecular flexibility index (Phi) is 2.90. The monoisotopic (exact) mass is 271 g/mol. The van der Waals surface area contributed by atoms with E-state index in [0.29, 0.717) is 11.3 Å². The number of nitrogens with zero attached hydrogens (tertiary/aromatic N) is 3. The molecule has 1 N–H and O–H groups in total. The van der Waals surface area contributed by atoms with Crippen LogP contribution in [0.5, 0.6) is 5.75 Å². The normalized spacial score (nSPS) is 10.7. The zero-order valence-corrected chi connectivity index (χ0v) is 10.5. The Hall–Kier alpha value is -2.76. The minimum atomic E-state index is -0.430. The summed E-state index contributed by atoms with van der Waals surface area (Å²) in [4.78, 5) is 8.06. The minimum Gasteiger partial charge on any atom is -0.508 e. The molecule has 0 aliphatic carbocycles. The van der Waals surface area contributed by atoms with Gasteiger partial charge in [0.25, 0.3) is 5.89 Å². The number of aromatic nitrogens is 3. The van der Waals surface area contributed by atoms with Gasteiger partial charge >= 0.3 is 0 Å². The van der Waals surface area contributed by atoms with Crippen LogP contribution in [0.4, 0.5) is 4.39 Å². The van der Waals surface area contributed by atoms with Gasteiger partial charge in [0.2, 0.25) is 5.82 Å². The van der Waals surface area contributed by atoms with Crippen molar-refractivity contribution < 1.29 is 14.0 Å². The molecule has 6 heteroatoms. The smallest absolute Gasteiger partial charge is 0.258 e. The van der Waals surface area contributed by atoms with Crippen LogP contribution in [0, 0.1) is 12.7 Å². The second-order valence-electron chi connectivity index (χ2n) is 4.29. The predicted octanol–water partition coefficient (Wildman–Crippen LogP) is 2.95. The largest absolute Gasteiger partial charge is 0.508 e. The first-order chi connectivity index (χ1) is 9.63. The lowest BCUT2D eigenvalue weighted by Gasteiger charge is -1.99.